The van der Waals surface area contributed by atoms with Gasteiger partial charge in [0, 0.05) is 30.1 Å². The van der Waals surface area contributed by atoms with Crippen LogP contribution in [0.5, 0.6) is 0 Å². The molecule has 1 aliphatic rings. The lowest BCUT2D eigenvalue weighted by Gasteiger charge is -2.12. The molecule has 1 fully saturated rings. The Balaban J connectivity index is 2.04. The van der Waals surface area contributed by atoms with Crippen LogP contribution in [-0.4, -0.2) is 28.9 Å². The van der Waals surface area contributed by atoms with Crippen molar-refractivity contribution in [2.24, 2.45) is 0 Å². The molecule has 2 heterocycles. The van der Waals surface area contributed by atoms with Gasteiger partial charge in [-0.15, -0.1) is 11.3 Å². The van der Waals surface area contributed by atoms with E-state index < -0.39 is 0 Å². The zero-order chi connectivity index (χ0) is 10.8. The predicted molar refractivity (Wildman–Crippen MR) is 61.0 cm³/mol. The van der Waals surface area contributed by atoms with Gasteiger partial charge in [-0.1, -0.05) is 6.58 Å². The van der Waals surface area contributed by atoms with Crippen molar-refractivity contribution in [1.29, 1.82) is 0 Å². The highest BCUT2D eigenvalue weighted by atomic mass is 32.1. The molecule has 1 saturated heterocycles. The molecule has 0 saturated carbocycles. The Morgan fingerprint density at radius 2 is 2.60 bits per heavy atom. The van der Waals surface area contributed by atoms with Crippen LogP contribution in [0.1, 0.15) is 23.0 Å². The molecule has 1 amide bonds. The highest BCUT2D eigenvalue weighted by molar-refractivity contribution is 7.09. The van der Waals surface area contributed by atoms with Gasteiger partial charge in [-0.25, -0.2) is 4.98 Å². The fourth-order valence-corrected chi connectivity index (χ4v) is 2.78. The minimum Gasteiger partial charge on any atom is -0.338 e. The lowest BCUT2D eigenvalue weighted by Crippen LogP contribution is -2.26. The van der Waals surface area contributed by atoms with Gasteiger partial charge < -0.3 is 4.90 Å². The summed E-state index contributed by atoms with van der Waals surface area (Å²) >= 11 is 1.69. The van der Waals surface area contributed by atoms with Gasteiger partial charge in [0.05, 0.1) is 5.01 Å². The molecule has 0 aliphatic carbocycles. The molecule has 15 heavy (non-hydrogen) atoms. The first-order valence-electron chi connectivity index (χ1n) is 5.04. The summed E-state index contributed by atoms with van der Waals surface area (Å²) in [7, 11) is 0. The molecule has 4 heteroatoms. The number of likely N-dealkylation sites (tertiary alicyclic amines) is 1. The van der Waals surface area contributed by atoms with Crippen LogP contribution in [0.2, 0.25) is 0 Å². The second-order valence-electron chi connectivity index (χ2n) is 3.80. The zero-order valence-corrected chi connectivity index (χ0v) is 9.59. The van der Waals surface area contributed by atoms with Gasteiger partial charge in [-0.2, -0.15) is 0 Å². The van der Waals surface area contributed by atoms with Crippen molar-refractivity contribution in [3.8, 4) is 0 Å². The molecule has 1 unspecified atom stereocenters. The van der Waals surface area contributed by atoms with Gasteiger partial charge in [-0.3, -0.25) is 4.79 Å². The number of aryl methyl sites for hydroxylation is 1. The number of carbonyl (C=O) groups is 1. The molecule has 1 aromatic heterocycles. The Morgan fingerprint density at radius 1 is 1.80 bits per heavy atom. The van der Waals surface area contributed by atoms with Crippen molar-refractivity contribution < 1.29 is 4.79 Å². The van der Waals surface area contributed by atoms with E-state index in [2.05, 4.69) is 16.9 Å². The molecule has 0 bridgehead atoms. The third kappa shape index (κ3) is 2.09. The molecular formula is C11H14N2OS. The van der Waals surface area contributed by atoms with E-state index in [1.54, 1.807) is 11.3 Å². The van der Waals surface area contributed by atoms with Crippen molar-refractivity contribution in [2.75, 3.05) is 13.1 Å². The molecule has 0 N–H and O–H groups in total. The topological polar surface area (TPSA) is 33.2 Å². The van der Waals surface area contributed by atoms with Gasteiger partial charge in [-0.05, 0) is 19.4 Å². The van der Waals surface area contributed by atoms with Gasteiger partial charge in [0.2, 0.25) is 5.91 Å². The Hall–Kier alpha value is -1.16. The maximum atomic E-state index is 11.4. The average molecular weight is 222 g/mol. The number of nitrogens with zero attached hydrogens (tertiary/aromatic N) is 2. The highest BCUT2D eigenvalue weighted by Gasteiger charge is 2.27. The lowest BCUT2D eigenvalue weighted by atomic mass is 10.1. The third-order valence-electron chi connectivity index (χ3n) is 2.66. The lowest BCUT2D eigenvalue weighted by molar-refractivity contribution is -0.125. The molecule has 1 aromatic rings. The number of hydrogen-bond donors (Lipinski definition) is 0. The molecular weight excluding hydrogens is 208 g/mol. The van der Waals surface area contributed by atoms with E-state index >= 15 is 0 Å². The summed E-state index contributed by atoms with van der Waals surface area (Å²) in [6.07, 6.45) is 2.40. The first-order valence-corrected chi connectivity index (χ1v) is 5.92. The van der Waals surface area contributed by atoms with Crippen LogP contribution in [0, 0.1) is 6.92 Å². The predicted octanol–water partition coefficient (Wildman–Crippen LogP) is 1.95. The van der Waals surface area contributed by atoms with Gasteiger partial charge in [0.25, 0.3) is 0 Å². The number of hydrogen-bond acceptors (Lipinski definition) is 3. The SMILES string of the molecule is C=CC(=O)N1CCC(c2nc(C)cs2)C1. The van der Waals surface area contributed by atoms with Crippen molar-refractivity contribution in [3.63, 3.8) is 0 Å². The Morgan fingerprint density at radius 3 is 3.20 bits per heavy atom. The van der Waals surface area contributed by atoms with E-state index in [9.17, 15) is 4.79 Å². The molecule has 0 spiro atoms. The summed E-state index contributed by atoms with van der Waals surface area (Å²) in [6.45, 7) is 7.12. The van der Waals surface area contributed by atoms with E-state index in [1.807, 2.05) is 11.8 Å². The summed E-state index contributed by atoms with van der Waals surface area (Å²) in [4.78, 5) is 17.7. The zero-order valence-electron chi connectivity index (χ0n) is 8.77. The number of aromatic nitrogens is 1. The summed E-state index contributed by atoms with van der Waals surface area (Å²) in [5, 5.41) is 3.22. The smallest absolute Gasteiger partial charge is 0.245 e. The molecule has 80 valence electrons. The summed E-state index contributed by atoms with van der Waals surface area (Å²) < 4.78 is 0. The third-order valence-corrected chi connectivity index (χ3v) is 3.79. The number of amides is 1. The molecule has 0 radical (unpaired) electrons. The Kier molecular flexibility index (Phi) is 2.86. The summed E-state index contributed by atoms with van der Waals surface area (Å²) in [5.74, 6) is 0.457. The minimum absolute atomic E-state index is 0.0331. The van der Waals surface area contributed by atoms with E-state index in [0.29, 0.717) is 5.92 Å². The Labute approximate surface area is 93.4 Å². The first-order chi connectivity index (χ1) is 7.20. The molecule has 0 aromatic carbocycles. The molecule has 1 aliphatic heterocycles. The molecule has 1 atom stereocenters. The molecule has 2 rings (SSSR count). The van der Waals surface area contributed by atoms with Crippen LogP contribution in [-0.2, 0) is 4.79 Å². The standard InChI is InChI=1S/C11H14N2OS/c1-3-10(14)13-5-4-9(6-13)11-12-8(2)7-15-11/h3,7,9H,1,4-6H2,2H3. The summed E-state index contributed by atoms with van der Waals surface area (Å²) in [6, 6.07) is 0. The quantitative estimate of drug-likeness (QED) is 0.717. The normalized spacial score (nSPS) is 20.6. The van der Waals surface area contributed by atoms with E-state index in [0.717, 1.165) is 30.2 Å². The van der Waals surface area contributed by atoms with Crippen LogP contribution in [0.25, 0.3) is 0 Å². The largest absolute Gasteiger partial charge is 0.338 e. The van der Waals surface area contributed by atoms with Crippen molar-refractivity contribution in [3.05, 3.63) is 28.7 Å². The second kappa shape index (κ2) is 4.14. The van der Waals surface area contributed by atoms with E-state index in [4.69, 9.17) is 0 Å². The van der Waals surface area contributed by atoms with Crippen molar-refractivity contribution in [1.82, 2.24) is 9.88 Å². The number of carbonyl (C=O) groups excluding carboxylic acids is 1. The van der Waals surface area contributed by atoms with Crippen LogP contribution in [0.4, 0.5) is 0 Å². The fraction of sp³-hybridized carbons (Fsp3) is 0.455. The van der Waals surface area contributed by atoms with Crippen LogP contribution < -0.4 is 0 Å². The van der Waals surface area contributed by atoms with Gasteiger partial charge in [0.1, 0.15) is 0 Å². The Bertz CT molecular complexity index is 386. The van der Waals surface area contributed by atoms with Crippen molar-refractivity contribution in [2.45, 2.75) is 19.3 Å². The number of thiazole rings is 1. The van der Waals surface area contributed by atoms with Gasteiger partial charge >= 0.3 is 0 Å². The maximum absolute atomic E-state index is 11.4. The van der Waals surface area contributed by atoms with E-state index in [-0.39, 0.29) is 5.91 Å². The molecule has 3 nitrogen and oxygen atoms in total. The second-order valence-corrected chi connectivity index (χ2v) is 4.69. The average Bonchev–Trinajstić information content (AvgIpc) is 2.84. The first kappa shape index (κ1) is 10.4. The van der Waals surface area contributed by atoms with Crippen LogP contribution in [0.15, 0.2) is 18.0 Å². The maximum Gasteiger partial charge on any atom is 0.245 e. The van der Waals surface area contributed by atoms with Crippen LogP contribution in [0.3, 0.4) is 0 Å². The van der Waals surface area contributed by atoms with Gasteiger partial charge in [0.15, 0.2) is 0 Å². The van der Waals surface area contributed by atoms with Crippen LogP contribution >= 0.6 is 11.3 Å². The number of rotatable bonds is 2. The summed E-state index contributed by atoms with van der Waals surface area (Å²) in [5.41, 5.74) is 1.07. The van der Waals surface area contributed by atoms with Crippen molar-refractivity contribution >= 4 is 17.2 Å². The fourth-order valence-electron chi connectivity index (χ4n) is 1.85. The monoisotopic (exact) mass is 222 g/mol. The minimum atomic E-state index is 0.0331. The van der Waals surface area contributed by atoms with E-state index in [1.165, 1.54) is 6.08 Å². The highest BCUT2D eigenvalue weighted by Crippen LogP contribution is 2.29.